The number of carbonyl (C=O) groups is 1. The van der Waals surface area contributed by atoms with Crippen LogP contribution in [0.1, 0.15) is 31.2 Å². The van der Waals surface area contributed by atoms with E-state index in [2.05, 4.69) is 5.32 Å². The number of nitrogens with one attached hydrogen (secondary N) is 1. The van der Waals surface area contributed by atoms with Gasteiger partial charge in [0, 0.05) is 24.3 Å². The SMILES string of the molecule is N#Cc1cc(N2CCC[C@H]2C(=O)NC2CC2)ccc1[N+](=O)[O-]. The molecule has 0 radical (unpaired) electrons. The summed E-state index contributed by atoms with van der Waals surface area (Å²) >= 11 is 0. The number of nitro benzene ring substituents is 1. The minimum Gasteiger partial charge on any atom is -0.359 e. The van der Waals surface area contributed by atoms with Crippen molar-refractivity contribution in [2.24, 2.45) is 0 Å². The summed E-state index contributed by atoms with van der Waals surface area (Å²) in [6.07, 6.45) is 3.72. The highest BCUT2D eigenvalue weighted by molar-refractivity contribution is 5.86. The van der Waals surface area contributed by atoms with E-state index in [0.717, 1.165) is 25.7 Å². The zero-order chi connectivity index (χ0) is 15.7. The molecular formula is C15H16N4O3. The maximum atomic E-state index is 12.3. The summed E-state index contributed by atoms with van der Waals surface area (Å²) in [5.74, 6) is 0.0110. The third-order valence-corrected chi connectivity index (χ3v) is 4.11. The number of rotatable bonds is 4. The van der Waals surface area contributed by atoms with Crippen molar-refractivity contribution >= 4 is 17.3 Å². The molecule has 1 saturated heterocycles. The lowest BCUT2D eigenvalue weighted by atomic mass is 10.1. The molecule has 0 unspecified atom stereocenters. The summed E-state index contributed by atoms with van der Waals surface area (Å²) in [6, 6.07) is 6.36. The Hall–Kier alpha value is -2.62. The van der Waals surface area contributed by atoms with Crippen molar-refractivity contribution in [1.82, 2.24) is 5.32 Å². The van der Waals surface area contributed by atoms with Crippen molar-refractivity contribution in [1.29, 1.82) is 5.26 Å². The molecule has 2 fully saturated rings. The molecule has 1 aliphatic carbocycles. The molecule has 0 bridgehead atoms. The van der Waals surface area contributed by atoms with Gasteiger partial charge in [-0.25, -0.2) is 0 Å². The number of carbonyl (C=O) groups excluding carboxylic acids is 1. The molecule has 1 heterocycles. The summed E-state index contributed by atoms with van der Waals surface area (Å²) in [4.78, 5) is 24.5. The van der Waals surface area contributed by atoms with E-state index in [9.17, 15) is 14.9 Å². The van der Waals surface area contributed by atoms with Crippen LogP contribution in [-0.2, 0) is 4.79 Å². The molecule has 7 nitrogen and oxygen atoms in total. The van der Waals surface area contributed by atoms with Crippen molar-refractivity contribution in [3.05, 3.63) is 33.9 Å². The number of amides is 1. The van der Waals surface area contributed by atoms with Crippen LogP contribution in [0.3, 0.4) is 0 Å². The molecule has 22 heavy (non-hydrogen) atoms. The molecule has 7 heteroatoms. The molecule has 1 atom stereocenters. The minimum atomic E-state index is -0.566. The van der Waals surface area contributed by atoms with Crippen molar-refractivity contribution in [2.75, 3.05) is 11.4 Å². The Morgan fingerprint density at radius 2 is 2.18 bits per heavy atom. The third-order valence-electron chi connectivity index (χ3n) is 4.11. The lowest BCUT2D eigenvalue weighted by Crippen LogP contribution is -2.44. The second kappa shape index (κ2) is 5.64. The van der Waals surface area contributed by atoms with Gasteiger partial charge in [-0.3, -0.25) is 14.9 Å². The Kier molecular flexibility index (Phi) is 3.67. The summed E-state index contributed by atoms with van der Waals surface area (Å²) < 4.78 is 0. The first kappa shape index (κ1) is 14.3. The molecule has 1 N–H and O–H groups in total. The fourth-order valence-corrected chi connectivity index (χ4v) is 2.82. The van der Waals surface area contributed by atoms with E-state index in [1.54, 1.807) is 6.07 Å². The highest BCUT2D eigenvalue weighted by Gasteiger charge is 2.34. The van der Waals surface area contributed by atoms with Gasteiger partial charge in [-0.15, -0.1) is 0 Å². The number of nitrogens with zero attached hydrogens (tertiary/aromatic N) is 3. The molecular weight excluding hydrogens is 284 g/mol. The first-order valence-electron chi connectivity index (χ1n) is 7.35. The van der Waals surface area contributed by atoms with Gasteiger partial charge in [-0.05, 0) is 37.8 Å². The second-order valence-electron chi connectivity index (χ2n) is 5.70. The number of anilines is 1. The number of hydrogen-bond acceptors (Lipinski definition) is 5. The predicted octanol–water partition coefficient (Wildman–Crippen LogP) is 1.71. The van der Waals surface area contributed by atoms with Gasteiger partial charge in [0.15, 0.2) is 0 Å². The number of benzene rings is 1. The van der Waals surface area contributed by atoms with E-state index in [1.807, 2.05) is 11.0 Å². The van der Waals surface area contributed by atoms with Gasteiger partial charge in [0.05, 0.1) is 4.92 Å². The van der Waals surface area contributed by atoms with Crippen LogP contribution in [0.15, 0.2) is 18.2 Å². The lowest BCUT2D eigenvalue weighted by Gasteiger charge is -2.26. The van der Waals surface area contributed by atoms with Crippen LogP contribution in [0.5, 0.6) is 0 Å². The monoisotopic (exact) mass is 300 g/mol. The molecule has 114 valence electrons. The molecule has 1 aromatic carbocycles. The van der Waals surface area contributed by atoms with Crippen LogP contribution in [-0.4, -0.2) is 29.5 Å². The van der Waals surface area contributed by atoms with Gasteiger partial charge in [-0.2, -0.15) is 5.26 Å². The van der Waals surface area contributed by atoms with E-state index in [4.69, 9.17) is 5.26 Å². The Labute approximate surface area is 127 Å². The van der Waals surface area contributed by atoms with Crippen LogP contribution in [0.4, 0.5) is 11.4 Å². The minimum absolute atomic E-state index is 0.0110. The topological polar surface area (TPSA) is 99.3 Å². The average Bonchev–Trinajstić information content (AvgIpc) is 3.18. The number of nitriles is 1. The van der Waals surface area contributed by atoms with Crippen molar-refractivity contribution < 1.29 is 9.72 Å². The van der Waals surface area contributed by atoms with Crippen molar-refractivity contribution in [3.63, 3.8) is 0 Å². The van der Waals surface area contributed by atoms with E-state index >= 15 is 0 Å². The Morgan fingerprint density at radius 1 is 1.41 bits per heavy atom. The Morgan fingerprint density at radius 3 is 2.82 bits per heavy atom. The van der Waals surface area contributed by atoms with Crippen molar-refractivity contribution in [2.45, 2.75) is 37.8 Å². The van der Waals surface area contributed by atoms with Crippen LogP contribution in [0.25, 0.3) is 0 Å². The summed E-state index contributed by atoms with van der Waals surface area (Å²) in [5, 5.41) is 23.0. The summed E-state index contributed by atoms with van der Waals surface area (Å²) in [6.45, 7) is 0.714. The normalized spacial score (nSPS) is 20.5. The zero-order valence-corrected chi connectivity index (χ0v) is 12.0. The zero-order valence-electron chi connectivity index (χ0n) is 12.0. The largest absolute Gasteiger partial charge is 0.359 e. The highest BCUT2D eigenvalue weighted by Crippen LogP contribution is 2.30. The standard InChI is InChI=1S/C15H16N4O3/c16-9-10-8-12(5-6-13(10)19(21)22)18-7-1-2-14(18)15(20)17-11-3-4-11/h5-6,8,11,14H,1-4,7H2,(H,17,20)/t14-/m0/s1. The second-order valence-corrected chi connectivity index (χ2v) is 5.70. The van der Waals surface area contributed by atoms with E-state index in [1.165, 1.54) is 12.1 Å². The van der Waals surface area contributed by atoms with Gasteiger partial charge in [0.25, 0.3) is 5.69 Å². The Balaban J connectivity index is 1.84. The van der Waals surface area contributed by atoms with Crippen LogP contribution in [0, 0.1) is 21.4 Å². The van der Waals surface area contributed by atoms with Gasteiger partial charge >= 0.3 is 0 Å². The van der Waals surface area contributed by atoms with Crippen LogP contribution >= 0.6 is 0 Å². The smallest absolute Gasteiger partial charge is 0.287 e. The molecule has 1 amide bonds. The van der Waals surface area contributed by atoms with Crippen LogP contribution < -0.4 is 10.2 Å². The first-order chi connectivity index (χ1) is 10.6. The molecule has 3 rings (SSSR count). The maximum absolute atomic E-state index is 12.3. The average molecular weight is 300 g/mol. The number of hydrogen-bond donors (Lipinski definition) is 1. The fraction of sp³-hybridized carbons (Fsp3) is 0.467. The quantitative estimate of drug-likeness (QED) is 0.674. The van der Waals surface area contributed by atoms with Crippen molar-refractivity contribution in [3.8, 4) is 6.07 Å². The van der Waals surface area contributed by atoms with Gasteiger partial charge < -0.3 is 10.2 Å². The summed E-state index contributed by atoms with van der Waals surface area (Å²) in [5.41, 5.74) is 0.510. The van der Waals surface area contributed by atoms with E-state index in [-0.39, 0.29) is 23.2 Å². The molecule has 0 spiro atoms. The Bertz CT molecular complexity index is 663. The number of nitro groups is 1. The molecule has 0 aromatic heterocycles. The summed E-state index contributed by atoms with van der Waals surface area (Å²) in [7, 11) is 0. The van der Waals surface area contributed by atoms with Gasteiger partial charge in [0.2, 0.25) is 5.91 Å². The fourth-order valence-electron chi connectivity index (χ4n) is 2.82. The predicted molar refractivity (Wildman–Crippen MR) is 79.3 cm³/mol. The molecule has 1 aliphatic heterocycles. The van der Waals surface area contributed by atoms with Gasteiger partial charge in [0.1, 0.15) is 17.7 Å². The third kappa shape index (κ3) is 2.72. The van der Waals surface area contributed by atoms with E-state index in [0.29, 0.717) is 18.3 Å². The van der Waals surface area contributed by atoms with E-state index < -0.39 is 4.92 Å². The maximum Gasteiger partial charge on any atom is 0.287 e. The first-order valence-corrected chi connectivity index (χ1v) is 7.35. The lowest BCUT2D eigenvalue weighted by molar-refractivity contribution is -0.385. The molecule has 2 aliphatic rings. The molecule has 1 aromatic rings. The highest BCUT2D eigenvalue weighted by atomic mass is 16.6. The molecule has 1 saturated carbocycles. The van der Waals surface area contributed by atoms with Gasteiger partial charge in [-0.1, -0.05) is 0 Å². The van der Waals surface area contributed by atoms with Crippen LogP contribution in [0.2, 0.25) is 0 Å².